The summed E-state index contributed by atoms with van der Waals surface area (Å²) < 4.78 is 5.17. The third-order valence-corrected chi connectivity index (χ3v) is 2.82. The first kappa shape index (κ1) is 17.0. The topological polar surface area (TPSA) is 102 Å². The summed E-state index contributed by atoms with van der Waals surface area (Å²) in [7, 11) is 0. The Bertz CT molecular complexity index is 535. The second-order valence-corrected chi connectivity index (χ2v) is 5.83. The molecule has 0 aliphatic heterocycles. The molecule has 4 N–H and O–H groups in total. The van der Waals surface area contributed by atoms with E-state index in [9.17, 15) is 9.59 Å². The van der Waals surface area contributed by atoms with Gasteiger partial charge in [-0.15, -0.1) is 0 Å². The van der Waals surface area contributed by atoms with Crippen LogP contribution in [0.1, 0.15) is 37.8 Å². The third-order valence-electron chi connectivity index (χ3n) is 2.82. The number of aryl methyl sites for hydroxylation is 1. The van der Waals surface area contributed by atoms with Crippen LogP contribution >= 0.6 is 0 Å². The Morgan fingerprint density at radius 3 is 2.43 bits per heavy atom. The zero-order valence-corrected chi connectivity index (χ0v) is 12.8. The van der Waals surface area contributed by atoms with Gasteiger partial charge in [0.05, 0.1) is 5.92 Å². The lowest BCUT2D eigenvalue weighted by molar-refractivity contribution is -0.138. The smallest absolute Gasteiger partial charge is 0.412 e. The minimum Gasteiger partial charge on any atom is -0.481 e. The van der Waals surface area contributed by atoms with Crippen molar-refractivity contribution < 1.29 is 19.4 Å². The molecule has 1 amide bonds. The highest BCUT2D eigenvalue weighted by atomic mass is 16.6. The standard InChI is InChI=1S/C15H22N2O4/c1-9-7-10(11(8-16)13(18)19)5-6-12(9)17-14(20)21-15(2,3)4/h5-7,11H,8,16H2,1-4H3,(H,17,20)(H,18,19). The van der Waals surface area contributed by atoms with Gasteiger partial charge in [0.1, 0.15) is 5.60 Å². The molecule has 0 aliphatic carbocycles. The fraction of sp³-hybridized carbons (Fsp3) is 0.467. The van der Waals surface area contributed by atoms with Crippen molar-refractivity contribution in [1.82, 2.24) is 0 Å². The monoisotopic (exact) mass is 294 g/mol. The van der Waals surface area contributed by atoms with Gasteiger partial charge in [0.15, 0.2) is 0 Å². The van der Waals surface area contributed by atoms with Crippen molar-refractivity contribution in [2.45, 2.75) is 39.2 Å². The van der Waals surface area contributed by atoms with Gasteiger partial charge in [-0.25, -0.2) is 4.79 Å². The molecule has 1 rings (SSSR count). The molecular formula is C15H22N2O4. The predicted octanol–water partition coefficient (Wildman–Crippen LogP) is 2.47. The number of rotatable bonds is 4. The van der Waals surface area contributed by atoms with Crippen molar-refractivity contribution in [2.75, 3.05) is 11.9 Å². The molecule has 0 saturated heterocycles. The number of benzene rings is 1. The fourth-order valence-electron chi connectivity index (χ4n) is 1.84. The van der Waals surface area contributed by atoms with E-state index >= 15 is 0 Å². The first-order valence-electron chi connectivity index (χ1n) is 6.67. The quantitative estimate of drug-likeness (QED) is 0.791. The lowest BCUT2D eigenvalue weighted by Gasteiger charge is -2.20. The van der Waals surface area contributed by atoms with Crippen molar-refractivity contribution in [3.8, 4) is 0 Å². The summed E-state index contributed by atoms with van der Waals surface area (Å²) in [6.07, 6.45) is -0.549. The molecule has 0 heterocycles. The Morgan fingerprint density at radius 1 is 1.38 bits per heavy atom. The van der Waals surface area contributed by atoms with E-state index in [-0.39, 0.29) is 6.54 Å². The van der Waals surface area contributed by atoms with E-state index in [4.69, 9.17) is 15.6 Å². The normalized spacial score (nSPS) is 12.6. The Balaban J connectivity index is 2.88. The second kappa shape index (κ2) is 6.58. The number of carboxylic acid groups (broad SMARTS) is 1. The number of hydrogen-bond acceptors (Lipinski definition) is 4. The third kappa shape index (κ3) is 5.07. The van der Waals surface area contributed by atoms with Crippen LogP contribution in [0.15, 0.2) is 18.2 Å². The van der Waals surface area contributed by atoms with E-state index in [1.165, 1.54) is 0 Å². The number of hydrogen-bond donors (Lipinski definition) is 3. The van der Waals surface area contributed by atoms with E-state index < -0.39 is 23.6 Å². The average Bonchev–Trinajstić information content (AvgIpc) is 2.30. The molecule has 1 atom stereocenters. The van der Waals surface area contributed by atoms with Gasteiger partial charge in [0, 0.05) is 12.2 Å². The number of ether oxygens (including phenoxy) is 1. The molecule has 6 nitrogen and oxygen atoms in total. The van der Waals surface area contributed by atoms with E-state index in [0.717, 1.165) is 5.56 Å². The number of nitrogens with two attached hydrogens (primary N) is 1. The van der Waals surface area contributed by atoms with Crippen LogP contribution in [0.3, 0.4) is 0 Å². The second-order valence-electron chi connectivity index (χ2n) is 5.83. The highest BCUT2D eigenvalue weighted by molar-refractivity contribution is 5.86. The van der Waals surface area contributed by atoms with Crippen molar-refractivity contribution in [2.24, 2.45) is 5.73 Å². The van der Waals surface area contributed by atoms with Crippen LogP contribution < -0.4 is 11.1 Å². The summed E-state index contributed by atoms with van der Waals surface area (Å²) in [5.74, 6) is -1.72. The minimum absolute atomic E-state index is 0.0214. The molecule has 1 unspecified atom stereocenters. The van der Waals surface area contributed by atoms with Crippen LogP contribution in [-0.2, 0) is 9.53 Å². The number of aliphatic carboxylic acids is 1. The number of carbonyl (C=O) groups is 2. The number of carboxylic acids is 1. The highest BCUT2D eigenvalue weighted by Gasteiger charge is 2.20. The van der Waals surface area contributed by atoms with E-state index in [1.807, 2.05) is 0 Å². The lowest BCUT2D eigenvalue weighted by Crippen LogP contribution is -2.27. The van der Waals surface area contributed by atoms with Crippen LogP contribution in [0.25, 0.3) is 0 Å². The molecule has 0 saturated carbocycles. The van der Waals surface area contributed by atoms with Crippen LogP contribution in [0.5, 0.6) is 0 Å². The molecule has 0 aliphatic rings. The van der Waals surface area contributed by atoms with Gasteiger partial charge in [-0.1, -0.05) is 12.1 Å². The molecule has 1 aromatic rings. The first-order chi connectivity index (χ1) is 9.64. The van der Waals surface area contributed by atoms with E-state index in [1.54, 1.807) is 45.9 Å². The Kier molecular flexibility index (Phi) is 5.32. The van der Waals surface area contributed by atoms with Gasteiger partial charge >= 0.3 is 12.1 Å². The Hall–Kier alpha value is -2.08. The summed E-state index contributed by atoms with van der Waals surface area (Å²) >= 11 is 0. The first-order valence-corrected chi connectivity index (χ1v) is 6.67. The largest absolute Gasteiger partial charge is 0.481 e. The number of anilines is 1. The SMILES string of the molecule is Cc1cc(C(CN)C(=O)O)ccc1NC(=O)OC(C)(C)C. The maximum absolute atomic E-state index is 11.7. The molecule has 6 heteroatoms. The molecule has 0 spiro atoms. The summed E-state index contributed by atoms with van der Waals surface area (Å²) in [6, 6.07) is 5.00. The van der Waals surface area contributed by atoms with Gasteiger partial charge in [0.2, 0.25) is 0 Å². The molecular weight excluding hydrogens is 272 g/mol. The maximum Gasteiger partial charge on any atom is 0.412 e. The summed E-state index contributed by atoms with van der Waals surface area (Å²) in [5.41, 5.74) is 6.83. The lowest BCUT2D eigenvalue weighted by atomic mass is 9.97. The molecule has 1 aromatic carbocycles. The predicted molar refractivity (Wildman–Crippen MR) is 80.5 cm³/mol. The van der Waals surface area contributed by atoms with Gasteiger partial charge in [-0.05, 0) is 44.9 Å². The minimum atomic E-state index is -0.968. The highest BCUT2D eigenvalue weighted by Crippen LogP contribution is 2.23. The van der Waals surface area contributed by atoms with Gasteiger partial charge in [-0.3, -0.25) is 10.1 Å². The van der Waals surface area contributed by atoms with Crippen LogP contribution in [0.4, 0.5) is 10.5 Å². The zero-order chi connectivity index (χ0) is 16.2. The van der Waals surface area contributed by atoms with Crippen molar-refractivity contribution in [3.05, 3.63) is 29.3 Å². The zero-order valence-electron chi connectivity index (χ0n) is 12.8. The number of carbonyl (C=O) groups excluding carboxylic acids is 1. The molecule has 0 fully saturated rings. The van der Waals surface area contributed by atoms with Crippen molar-refractivity contribution >= 4 is 17.7 Å². The molecule has 0 aromatic heterocycles. The molecule has 0 radical (unpaired) electrons. The van der Waals surface area contributed by atoms with Gasteiger partial charge in [0.25, 0.3) is 0 Å². The van der Waals surface area contributed by atoms with Gasteiger partial charge < -0.3 is 15.6 Å². The summed E-state index contributed by atoms with van der Waals surface area (Å²) in [5, 5.41) is 11.7. The fourth-order valence-corrected chi connectivity index (χ4v) is 1.84. The number of amides is 1. The van der Waals surface area contributed by atoms with E-state index in [2.05, 4.69) is 5.32 Å². The molecule has 0 bridgehead atoms. The number of nitrogens with one attached hydrogen (secondary N) is 1. The maximum atomic E-state index is 11.7. The van der Waals surface area contributed by atoms with E-state index in [0.29, 0.717) is 11.3 Å². The molecule has 21 heavy (non-hydrogen) atoms. The van der Waals surface area contributed by atoms with Crippen molar-refractivity contribution in [3.63, 3.8) is 0 Å². The van der Waals surface area contributed by atoms with Crippen LogP contribution in [-0.4, -0.2) is 29.3 Å². The van der Waals surface area contributed by atoms with Gasteiger partial charge in [-0.2, -0.15) is 0 Å². The summed E-state index contributed by atoms with van der Waals surface area (Å²) in [6.45, 7) is 7.14. The molecule has 116 valence electrons. The van der Waals surface area contributed by atoms with Crippen LogP contribution in [0, 0.1) is 6.92 Å². The Morgan fingerprint density at radius 2 is 2.00 bits per heavy atom. The van der Waals surface area contributed by atoms with Crippen LogP contribution in [0.2, 0.25) is 0 Å². The average molecular weight is 294 g/mol. The summed E-state index contributed by atoms with van der Waals surface area (Å²) in [4.78, 5) is 22.8. The van der Waals surface area contributed by atoms with Crippen molar-refractivity contribution in [1.29, 1.82) is 0 Å². The Labute approximate surface area is 124 Å².